The van der Waals surface area contributed by atoms with E-state index >= 15 is 0 Å². The van der Waals surface area contributed by atoms with Gasteiger partial charge in [-0.1, -0.05) is 32.0 Å². The Morgan fingerprint density at radius 2 is 1.64 bits per heavy atom. The van der Waals surface area contributed by atoms with Gasteiger partial charge in [-0.05, 0) is 42.2 Å². The van der Waals surface area contributed by atoms with Crippen LogP contribution in [0.1, 0.15) is 25.0 Å². The molecular formula is C22H26N4O2. The minimum absolute atomic E-state index is 0.487. The molecule has 0 radical (unpaired) electrons. The molecule has 3 aromatic rings. The van der Waals surface area contributed by atoms with E-state index in [-0.39, 0.29) is 0 Å². The molecule has 0 spiro atoms. The molecule has 0 aliphatic carbocycles. The van der Waals surface area contributed by atoms with Crippen LogP contribution in [-0.2, 0) is 12.8 Å². The summed E-state index contributed by atoms with van der Waals surface area (Å²) in [6.45, 7) is 4.31. The molecule has 0 aliphatic heterocycles. The highest BCUT2D eigenvalue weighted by Gasteiger charge is 2.10. The molecule has 1 heterocycles. The number of benzene rings is 2. The Morgan fingerprint density at radius 3 is 2.29 bits per heavy atom. The summed E-state index contributed by atoms with van der Waals surface area (Å²) < 4.78 is 10.7. The minimum atomic E-state index is 0.487. The molecule has 6 heteroatoms. The van der Waals surface area contributed by atoms with Gasteiger partial charge in [-0.3, -0.25) is 0 Å². The second kappa shape index (κ2) is 9.08. The molecule has 146 valence electrons. The number of rotatable bonds is 8. The minimum Gasteiger partial charge on any atom is -0.497 e. The zero-order chi connectivity index (χ0) is 19.9. The van der Waals surface area contributed by atoms with Crippen LogP contribution in [0.5, 0.6) is 11.5 Å². The fourth-order valence-corrected chi connectivity index (χ4v) is 3.04. The zero-order valence-corrected chi connectivity index (χ0v) is 16.7. The first-order chi connectivity index (χ1) is 13.7. The molecule has 0 atom stereocenters. The number of para-hydroxylation sites is 1. The van der Waals surface area contributed by atoms with Crippen molar-refractivity contribution in [2.24, 2.45) is 0 Å². The van der Waals surface area contributed by atoms with Gasteiger partial charge in [0.2, 0.25) is 5.95 Å². The van der Waals surface area contributed by atoms with E-state index in [4.69, 9.17) is 9.47 Å². The molecule has 0 bridgehead atoms. The molecule has 0 saturated carbocycles. The Hall–Kier alpha value is -3.28. The van der Waals surface area contributed by atoms with Crippen LogP contribution < -0.4 is 20.1 Å². The summed E-state index contributed by atoms with van der Waals surface area (Å²) in [4.78, 5) is 8.94. The Kier molecular flexibility index (Phi) is 6.32. The van der Waals surface area contributed by atoms with Gasteiger partial charge in [-0.2, -0.15) is 4.98 Å². The second-order valence-corrected chi connectivity index (χ2v) is 6.24. The molecular weight excluding hydrogens is 352 g/mol. The van der Waals surface area contributed by atoms with Gasteiger partial charge in [0.15, 0.2) is 0 Å². The van der Waals surface area contributed by atoms with E-state index in [9.17, 15) is 0 Å². The van der Waals surface area contributed by atoms with Crippen LogP contribution in [0.25, 0.3) is 0 Å². The third-order valence-corrected chi connectivity index (χ3v) is 4.56. The number of hydrogen-bond donors (Lipinski definition) is 2. The van der Waals surface area contributed by atoms with Crippen molar-refractivity contribution in [3.8, 4) is 11.5 Å². The smallest absolute Gasteiger partial charge is 0.229 e. The molecule has 2 N–H and O–H groups in total. The maximum atomic E-state index is 5.43. The quantitative estimate of drug-likeness (QED) is 0.568. The van der Waals surface area contributed by atoms with Crippen LogP contribution in [0.15, 0.2) is 48.7 Å². The van der Waals surface area contributed by atoms with Gasteiger partial charge in [0.1, 0.15) is 17.3 Å². The summed E-state index contributed by atoms with van der Waals surface area (Å²) in [6.07, 6.45) is 3.64. The lowest BCUT2D eigenvalue weighted by Gasteiger charge is -2.16. The highest BCUT2D eigenvalue weighted by molar-refractivity contribution is 5.68. The van der Waals surface area contributed by atoms with Crippen LogP contribution >= 0.6 is 0 Å². The van der Waals surface area contributed by atoms with Crippen LogP contribution in [0.2, 0.25) is 0 Å². The highest BCUT2D eigenvalue weighted by atomic mass is 16.5. The predicted octanol–water partition coefficient (Wildman–Crippen LogP) is 5.11. The van der Waals surface area contributed by atoms with Gasteiger partial charge < -0.3 is 20.1 Å². The molecule has 1 aromatic heterocycles. The third-order valence-electron chi connectivity index (χ3n) is 4.56. The molecule has 0 fully saturated rings. The number of methoxy groups -OCH3 is 2. The molecule has 0 aliphatic rings. The van der Waals surface area contributed by atoms with E-state index in [0.29, 0.717) is 11.7 Å². The Balaban J connectivity index is 1.86. The van der Waals surface area contributed by atoms with E-state index in [1.165, 1.54) is 11.1 Å². The first-order valence-electron chi connectivity index (χ1n) is 9.38. The summed E-state index contributed by atoms with van der Waals surface area (Å²) in [5.41, 5.74) is 4.43. The first-order valence-corrected chi connectivity index (χ1v) is 9.38. The maximum absolute atomic E-state index is 5.43. The van der Waals surface area contributed by atoms with Crippen molar-refractivity contribution in [1.82, 2.24) is 9.97 Å². The van der Waals surface area contributed by atoms with Gasteiger partial charge >= 0.3 is 0 Å². The Morgan fingerprint density at radius 1 is 0.893 bits per heavy atom. The summed E-state index contributed by atoms with van der Waals surface area (Å²) in [5.74, 6) is 2.61. The summed E-state index contributed by atoms with van der Waals surface area (Å²) in [5, 5.41) is 6.69. The van der Waals surface area contributed by atoms with E-state index in [1.807, 2.05) is 24.3 Å². The van der Waals surface area contributed by atoms with Crippen molar-refractivity contribution in [2.75, 3.05) is 24.9 Å². The molecule has 3 rings (SSSR count). The molecule has 28 heavy (non-hydrogen) atoms. The molecule has 2 aromatic carbocycles. The molecule has 0 amide bonds. The molecule has 0 unspecified atom stereocenters. The van der Waals surface area contributed by atoms with Crippen molar-refractivity contribution >= 4 is 23.1 Å². The monoisotopic (exact) mass is 378 g/mol. The van der Waals surface area contributed by atoms with Gasteiger partial charge in [-0.15, -0.1) is 0 Å². The van der Waals surface area contributed by atoms with Crippen molar-refractivity contribution in [2.45, 2.75) is 26.7 Å². The van der Waals surface area contributed by atoms with Crippen LogP contribution in [0.4, 0.5) is 23.1 Å². The van der Waals surface area contributed by atoms with E-state index in [0.717, 1.165) is 35.8 Å². The maximum Gasteiger partial charge on any atom is 0.229 e. The first kappa shape index (κ1) is 19.5. The highest BCUT2D eigenvalue weighted by Crippen LogP contribution is 2.31. The van der Waals surface area contributed by atoms with Gasteiger partial charge in [0.25, 0.3) is 0 Å². The van der Waals surface area contributed by atoms with E-state index < -0.39 is 0 Å². The van der Waals surface area contributed by atoms with Crippen LogP contribution in [-0.4, -0.2) is 24.2 Å². The fraction of sp³-hybridized carbons (Fsp3) is 0.273. The number of hydrogen-bond acceptors (Lipinski definition) is 6. The SMILES string of the molecule is CCc1cccc(CC)c1Nc1ccnc(Nc2ccc(OC)cc2OC)n1. The predicted molar refractivity (Wildman–Crippen MR) is 113 cm³/mol. The number of ether oxygens (including phenoxy) is 2. The number of anilines is 4. The van der Waals surface area contributed by atoms with Crippen molar-refractivity contribution < 1.29 is 9.47 Å². The molecule has 0 saturated heterocycles. The lowest BCUT2D eigenvalue weighted by Crippen LogP contribution is -2.04. The van der Waals surface area contributed by atoms with Gasteiger partial charge in [0, 0.05) is 18.0 Å². The Bertz CT molecular complexity index is 921. The molecule has 6 nitrogen and oxygen atoms in total. The summed E-state index contributed by atoms with van der Waals surface area (Å²) in [7, 11) is 3.24. The fourth-order valence-electron chi connectivity index (χ4n) is 3.04. The topological polar surface area (TPSA) is 68.3 Å². The largest absolute Gasteiger partial charge is 0.497 e. The second-order valence-electron chi connectivity index (χ2n) is 6.24. The zero-order valence-electron chi connectivity index (χ0n) is 16.7. The number of nitrogens with one attached hydrogen (secondary N) is 2. The van der Waals surface area contributed by atoms with Crippen LogP contribution in [0.3, 0.4) is 0 Å². The van der Waals surface area contributed by atoms with Crippen molar-refractivity contribution in [3.63, 3.8) is 0 Å². The average molecular weight is 378 g/mol. The van der Waals surface area contributed by atoms with Crippen LogP contribution in [0, 0.1) is 0 Å². The Labute approximate surface area is 166 Å². The lowest BCUT2D eigenvalue weighted by molar-refractivity contribution is 0.395. The van der Waals surface area contributed by atoms with E-state index in [1.54, 1.807) is 20.4 Å². The summed E-state index contributed by atoms with van der Waals surface area (Å²) >= 11 is 0. The normalized spacial score (nSPS) is 10.4. The lowest BCUT2D eigenvalue weighted by atomic mass is 10.0. The third kappa shape index (κ3) is 4.34. The number of aromatic nitrogens is 2. The standard InChI is InChI=1S/C22H26N4O2/c1-5-15-8-7-9-16(6-2)21(15)25-20-12-13-23-22(26-20)24-18-11-10-17(27-3)14-19(18)28-4/h7-14H,5-6H2,1-4H3,(H2,23,24,25,26). The average Bonchev–Trinajstić information content (AvgIpc) is 2.74. The van der Waals surface area contributed by atoms with E-state index in [2.05, 4.69) is 52.6 Å². The van der Waals surface area contributed by atoms with Crippen molar-refractivity contribution in [3.05, 3.63) is 59.8 Å². The van der Waals surface area contributed by atoms with Crippen molar-refractivity contribution in [1.29, 1.82) is 0 Å². The number of aryl methyl sites for hydroxylation is 2. The number of nitrogens with zero attached hydrogens (tertiary/aromatic N) is 2. The summed E-state index contributed by atoms with van der Waals surface area (Å²) in [6, 6.07) is 13.8. The van der Waals surface area contributed by atoms with Gasteiger partial charge in [0.05, 0.1) is 19.9 Å². The van der Waals surface area contributed by atoms with Gasteiger partial charge in [-0.25, -0.2) is 4.98 Å².